The van der Waals surface area contributed by atoms with E-state index in [1.165, 1.54) is 50.5 Å². The van der Waals surface area contributed by atoms with E-state index in [0.717, 1.165) is 0 Å². The van der Waals surface area contributed by atoms with Gasteiger partial charge in [-0.05, 0) is 0 Å². The Bertz CT molecular complexity index is 344. The van der Waals surface area contributed by atoms with Crippen molar-refractivity contribution >= 4 is 22.0 Å². The molecule has 0 atom stereocenters. The molecule has 1 aromatic rings. The quantitative estimate of drug-likeness (QED) is 0.386. The van der Waals surface area contributed by atoms with E-state index < -0.39 is 18.4 Å². The molecule has 0 N–H and O–H groups in total. The summed E-state index contributed by atoms with van der Waals surface area (Å²) in [6.45, 7) is 9.33. The van der Waals surface area contributed by atoms with E-state index in [0.29, 0.717) is 0 Å². The van der Waals surface area contributed by atoms with E-state index in [9.17, 15) is 0 Å². The van der Waals surface area contributed by atoms with Crippen LogP contribution in [0.3, 0.4) is 0 Å². The van der Waals surface area contributed by atoms with Gasteiger partial charge < -0.3 is 0 Å². The van der Waals surface area contributed by atoms with Crippen LogP contribution in [-0.4, -0.2) is 18.4 Å². The molecule has 0 nitrogen and oxygen atoms in total. The third kappa shape index (κ3) is 5.96. The minimum atomic E-state index is -2.15. The minimum absolute atomic E-state index is 1.17. The zero-order chi connectivity index (χ0) is 15.6. The van der Waals surface area contributed by atoms with Gasteiger partial charge in [0.15, 0.2) is 0 Å². The molecule has 0 radical (unpaired) electrons. The molecule has 0 aliphatic heterocycles. The van der Waals surface area contributed by atoms with Crippen molar-refractivity contribution in [3.63, 3.8) is 0 Å². The molecule has 0 aromatic heterocycles. The van der Waals surface area contributed by atoms with E-state index in [2.05, 4.69) is 52.0 Å². The molecule has 21 heavy (non-hydrogen) atoms. The van der Waals surface area contributed by atoms with Gasteiger partial charge in [-0.1, -0.05) is 0 Å². The molecule has 1 rings (SSSR count). The van der Waals surface area contributed by atoms with Crippen LogP contribution in [0.4, 0.5) is 0 Å². The third-order valence-electron chi connectivity index (χ3n) is 5.00. The number of aryl methyl sites for hydroxylation is 1. The molecule has 0 fully saturated rings. The zero-order valence-corrected chi connectivity index (χ0v) is 17.7. The van der Waals surface area contributed by atoms with Crippen molar-refractivity contribution in [3.8, 4) is 0 Å². The van der Waals surface area contributed by atoms with Crippen LogP contribution in [0.1, 0.15) is 71.8 Å². The predicted octanol–water partition coefficient (Wildman–Crippen LogP) is 6.31. The molecule has 0 saturated heterocycles. The van der Waals surface area contributed by atoms with Crippen LogP contribution < -0.4 is 3.58 Å². The Balaban J connectivity index is 3.02. The Morgan fingerprint density at radius 2 is 1.10 bits per heavy atom. The predicted molar refractivity (Wildman–Crippen MR) is 100 cm³/mol. The molecular formula is C20H36Sn. The van der Waals surface area contributed by atoms with Gasteiger partial charge in [0, 0.05) is 0 Å². The average molecular weight is 395 g/mol. The standard InChI is InChI=1S/C8H9.3C4H9.Sn/c1-2-8-6-4-3-5-7-8;3*1-3-4-2;/h4-7H,2H2,1H3;3*1,3-4H2,2H3;. The number of rotatable bonds is 11. The monoisotopic (exact) mass is 396 g/mol. The van der Waals surface area contributed by atoms with Gasteiger partial charge >= 0.3 is 138 Å². The number of hydrogen-bond donors (Lipinski definition) is 0. The number of hydrogen-bond acceptors (Lipinski definition) is 0. The Morgan fingerprint density at radius 3 is 1.43 bits per heavy atom. The second-order valence-corrected chi connectivity index (χ2v) is 19.9. The summed E-state index contributed by atoms with van der Waals surface area (Å²) in [5.41, 5.74) is 1.50. The topological polar surface area (TPSA) is 0 Å². The average Bonchev–Trinajstić information content (AvgIpc) is 2.55. The first kappa shape index (κ1) is 19.1. The van der Waals surface area contributed by atoms with Crippen molar-refractivity contribution < 1.29 is 0 Å². The summed E-state index contributed by atoms with van der Waals surface area (Å²) in [5, 5.41) is 0. The normalized spacial score (nSPS) is 11.8. The summed E-state index contributed by atoms with van der Waals surface area (Å²) >= 11 is -2.15. The Labute approximate surface area is 137 Å². The molecule has 0 bridgehead atoms. The molecule has 0 heterocycles. The van der Waals surface area contributed by atoms with E-state index >= 15 is 0 Å². The van der Waals surface area contributed by atoms with Crippen LogP contribution in [0.2, 0.25) is 13.3 Å². The first-order chi connectivity index (χ1) is 10.2. The first-order valence-electron chi connectivity index (χ1n) is 9.31. The first-order valence-corrected chi connectivity index (χ1v) is 16.8. The van der Waals surface area contributed by atoms with Crippen LogP contribution in [0.5, 0.6) is 0 Å². The third-order valence-corrected chi connectivity index (χ3v) is 20.7. The van der Waals surface area contributed by atoms with Crippen LogP contribution in [-0.2, 0) is 6.42 Å². The fraction of sp³-hybridized carbons (Fsp3) is 0.700. The van der Waals surface area contributed by atoms with Crippen molar-refractivity contribution in [1.82, 2.24) is 0 Å². The Morgan fingerprint density at radius 1 is 0.667 bits per heavy atom. The van der Waals surface area contributed by atoms with Gasteiger partial charge in [0.2, 0.25) is 0 Å². The maximum atomic E-state index is 2.52. The van der Waals surface area contributed by atoms with Gasteiger partial charge in [0.1, 0.15) is 0 Å². The number of benzene rings is 1. The molecule has 1 aromatic carbocycles. The Hall–Kier alpha value is 0.0187. The summed E-state index contributed by atoms with van der Waals surface area (Å²) in [5.74, 6) is 0. The van der Waals surface area contributed by atoms with Crippen LogP contribution in [0.15, 0.2) is 24.3 Å². The molecule has 0 amide bonds. The van der Waals surface area contributed by atoms with Gasteiger partial charge in [-0.2, -0.15) is 0 Å². The van der Waals surface area contributed by atoms with E-state index in [1.54, 1.807) is 13.3 Å². The van der Waals surface area contributed by atoms with Crippen molar-refractivity contribution in [3.05, 3.63) is 29.8 Å². The van der Waals surface area contributed by atoms with Crippen molar-refractivity contribution in [2.45, 2.75) is 86.0 Å². The van der Waals surface area contributed by atoms with Crippen molar-refractivity contribution in [2.75, 3.05) is 0 Å². The molecule has 1 heteroatoms. The maximum absolute atomic E-state index is 2.52. The van der Waals surface area contributed by atoms with Gasteiger partial charge in [-0.3, -0.25) is 0 Å². The van der Waals surface area contributed by atoms with Crippen molar-refractivity contribution in [2.24, 2.45) is 0 Å². The van der Waals surface area contributed by atoms with E-state index in [1.807, 2.05) is 3.58 Å². The molecular weight excluding hydrogens is 359 g/mol. The fourth-order valence-corrected chi connectivity index (χ4v) is 19.4. The van der Waals surface area contributed by atoms with E-state index in [4.69, 9.17) is 0 Å². The van der Waals surface area contributed by atoms with Crippen LogP contribution in [0.25, 0.3) is 0 Å². The van der Waals surface area contributed by atoms with Crippen molar-refractivity contribution in [1.29, 1.82) is 0 Å². The fourth-order valence-electron chi connectivity index (χ4n) is 3.45. The summed E-state index contributed by atoms with van der Waals surface area (Å²) in [4.78, 5) is 0. The summed E-state index contributed by atoms with van der Waals surface area (Å²) in [6.07, 6.45) is 9.64. The second-order valence-electron chi connectivity index (χ2n) is 6.64. The molecule has 0 aliphatic rings. The molecule has 120 valence electrons. The molecule has 0 aliphatic carbocycles. The van der Waals surface area contributed by atoms with Gasteiger partial charge in [0.05, 0.1) is 0 Å². The van der Waals surface area contributed by atoms with Gasteiger partial charge in [0.25, 0.3) is 0 Å². The zero-order valence-electron chi connectivity index (χ0n) is 14.9. The van der Waals surface area contributed by atoms with Gasteiger partial charge in [-0.25, -0.2) is 0 Å². The van der Waals surface area contributed by atoms with Gasteiger partial charge in [-0.15, -0.1) is 0 Å². The van der Waals surface area contributed by atoms with Crippen LogP contribution >= 0.6 is 0 Å². The molecule has 0 saturated carbocycles. The second kappa shape index (κ2) is 10.7. The number of unbranched alkanes of at least 4 members (excludes halogenated alkanes) is 3. The SMILES string of the molecule is CCC[CH2][Sn]([CH2]CCC)([CH2]CCC)[c]1ccc(CC)cc1. The Kier molecular flexibility index (Phi) is 9.71. The summed E-state index contributed by atoms with van der Waals surface area (Å²) < 4.78 is 6.56. The van der Waals surface area contributed by atoms with Crippen LogP contribution in [0, 0.1) is 0 Å². The summed E-state index contributed by atoms with van der Waals surface area (Å²) in [7, 11) is 0. The molecule has 0 spiro atoms. The molecule has 0 unspecified atom stereocenters. The summed E-state index contributed by atoms with van der Waals surface area (Å²) in [6, 6.07) is 9.86. The van der Waals surface area contributed by atoms with E-state index in [-0.39, 0.29) is 0 Å².